The van der Waals surface area contributed by atoms with Gasteiger partial charge in [0.1, 0.15) is 12.1 Å². The number of nitrogens with two attached hydrogens (primary N) is 2. The number of nitrogens with one attached hydrogen (secondary N) is 3. The van der Waals surface area contributed by atoms with E-state index in [1.165, 1.54) is 0 Å². The average Bonchev–Trinajstić information content (AvgIpc) is 3.16. The molecule has 0 radical (unpaired) electrons. The maximum Gasteiger partial charge on any atom is 0.326 e. The highest BCUT2D eigenvalue weighted by atomic mass is 16.4. The number of aromatic amines is 1. The molecule has 0 fully saturated rings. The molecular formula is C22H31N5O5. The Morgan fingerprint density at radius 1 is 1.12 bits per heavy atom. The lowest BCUT2D eigenvalue weighted by atomic mass is 9.96. The summed E-state index contributed by atoms with van der Waals surface area (Å²) in [6, 6.07) is 4.47. The summed E-state index contributed by atoms with van der Waals surface area (Å²) in [6.45, 7) is 3.62. The van der Waals surface area contributed by atoms with Gasteiger partial charge in [0.15, 0.2) is 0 Å². The van der Waals surface area contributed by atoms with E-state index in [0.717, 1.165) is 16.5 Å². The molecule has 10 heteroatoms. The van der Waals surface area contributed by atoms with Gasteiger partial charge in [-0.05, 0) is 30.4 Å². The van der Waals surface area contributed by atoms with Gasteiger partial charge in [-0.1, -0.05) is 38.5 Å². The molecule has 3 amide bonds. The van der Waals surface area contributed by atoms with E-state index >= 15 is 0 Å². The second-order valence-corrected chi connectivity index (χ2v) is 7.95. The molecule has 0 saturated carbocycles. The number of carboxylic acids is 1. The van der Waals surface area contributed by atoms with Crippen LogP contribution in [0.4, 0.5) is 0 Å². The molecule has 1 heterocycles. The van der Waals surface area contributed by atoms with Crippen molar-refractivity contribution in [2.24, 2.45) is 17.4 Å². The van der Waals surface area contributed by atoms with Gasteiger partial charge in [0.25, 0.3) is 0 Å². The molecule has 0 aliphatic heterocycles. The average molecular weight is 446 g/mol. The first kappa shape index (κ1) is 24.9. The summed E-state index contributed by atoms with van der Waals surface area (Å²) in [5.74, 6) is -3.39. The number of H-pyrrole nitrogens is 1. The minimum absolute atomic E-state index is 0.141. The summed E-state index contributed by atoms with van der Waals surface area (Å²) in [6.07, 6.45) is 2.30. The molecule has 0 bridgehead atoms. The maximum atomic E-state index is 12.8. The summed E-state index contributed by atoms with van der Waals surface area (Å²) in [5.41, 5.74) is 13.0. The Hall–Kier alpha value is -3.40. The second-order valence-electron chi connectivity index (χ2n) is 7.95. The largest absolute Gasteiger partial charge is 0.480 e. The quantitative estimate of drug-likeness (QED) is 0.275. The SMILES string of the molecule is CCC(C)C(NC(=O)C(N)Cc1c[nH]c2ccccc12)C(=O)NC(CCC(N)=O)C(=O)O. The summed E-state index contributed by atoms with van der Waals surface area (Å²) >= 11 is 0. The van der Waals surface area contributed by atoms with Crippen molar-refractivity contribution < 1.29 is 24.3 Å². The van der Waals surface area contributed by atoms with Crippen LogP contribution < -0.4 is 22.1 Å². The zero-order chi connectivity index (χ0) is 23.8. The number of para-hydroxylation sites is 1. The van der Waals surface area contributed by atoms with Gasteiger partial charge in [0.05, 0.1) is 6.04 Å². The zero-order valence-electron chi connectivity index (χ0n) is 18.3. The Balaban J connectivity index is 2.07. The number of hydrogen-bond donors (Lipinski definition) is 6. The number of fused-ring (bicyclic) bond motifs is 1. The van der Waals surface area contributed by atoms with Crippen molar-refractivity contribution in [3.63, 3.8) is 0 Å². The molecule has 1 aromatic carbocycles. The second kappa shape index (κ2) is 11.3. The monoisotopic (exact) mass is 445 g/mol. The van der Waals surface area contributed by atoms with E-state index in [9.17, 15) is 24.3 Å². The van der Waals surface area contributed by atoms with Crippen LogP contribution >= 0.6 is 0 Å². The van der Waals surface area contributed by atoms with Gasteiger partial charge in [-0.2, -0.15) is 0 Å². The molecule has 32 heavy (non-hydrogen) atoms. The fourth-order valence-electron chi connectivity index (χ4n) is 3.40. The van der Waals surface area contributed by atoms with E-state index < -0.39 is 41.8 Å². The number of amides is 3. The molecule has 8 N–H and O–H groups in total. The number of hydrogen-bond acceptors (Lipinski definition) is 5. The molecule has 4 unspecified atom stereocenters. The molecule has 0 aliphatic carbocycles. The number of carbonyl (C=O) groups is 4. The van der Waals surface area contributed by atoms with E-state index in [2.05, 4.69) is 15.6 Å². The van der Waals surface area contributed by atoms with Gasteiger partial charge in [-0.25, -0.2) is 4.79 Å². The van der Waals surface area contributed by atoms with Crippen LogP contribution in [0.25, 0.3) is 10.9 Å². The van der Waals surface area contributed by atoms with Crippen LogP contribution in [-0.4, -0.2) is 51.9 Å². The number of carboxylic acid groups (broad SMARTS) is 1. The van der Waals surface area contributed by atoms with Crippen LogP contribution in [0.15, 0.2) is 30.5 Å². The molecular weight excluding hydrogens is 414 g/mol. The number of primary amides is 1. The van der Waals surface area contributed by atoms with Crippen LogP contribution in [0.3, 0.4) is 0 Å². The van der Waals surface area contributed by atoms with Crippen LogP contribution in [0.5, 0.6) is 0 Å². The lowest BCUT2D eigenvalue weighted by Crippen LogP contribution is -2.57. The summed E-state index contributed by atoms with van der Waals surface area (Å²) in [5, 5.41) is 15.4. The fourth-order valence-corrected chi connectivity index (χ4v) is 3.40. The predicted octanol–water partition coefficient (Wildman–Crippen LogP) is 0.404. The van der Waals surface area contributed by atoms with E-state index in [0.29, 0.717) is 6.42 Å². The molecule has 2 aromatic rings. The van der Waals surface area contributed by atoms with Crippen LogP contribution in [0, 0.1) is 5.92 Å². The Morgan fingerprint density at radius 2 is 1.81 bits per heavy atom. The standard InChI is InChI=1S/C22H31N5O5/c1-3-12(2)19(21(30)26-17(22(31)32)8-9-18(24)28)27-20(29)15(23)10-13-11-25-16-7-5-4-6-14(13)16/h4-7,11-12,15,17,19,25H,3,8-10,23H2,1-2H3,(H2,24,28)(H,26,30)(H,27,29)(H,31,32). The number of rotatable bonds is 12. The third kappa shape index (κ3) is 6.55. The molecule has 0 spiro atoms. The van der Waals surface area contributed by atoms with Crippen molar-refractivity contribution in [1.29, 1.82) is 0 Å². The lowest BCUT2D eigenvalue weighted by molar-refractivity contribution is -0.142. The van der Waals surface area contributed by atoms with Crippen molar-refractivity contribution in [2.45, 2.75) is 57.7 Å². The lowest BCUT2D eigenvalue weighted by Gasteiger charge is -2.26. The summed E-state index contributed by atoms with van der Waals surface area (Å²) in [4.78, 5) is 51.1. The number of benzene rings is 1. The number of aromatic nitrogens is 1. The van der Waals surface area contributed by atoms with Gasteiger partial charge in [0, 0.05) is 23.5 Å². The van der Waals surface area contributed by atoms with E-state index in [-0.39, 0.29) is 25.2 Å². The molecule has 174 valence electrons. The Bertz CT molecular complexity index is 973. The summed E-state index contributed by atoms with van der Waals surface area (Å²) < 4.78 is 0. The highest BCUT2D eigenvalue weighted by Gasteiger charge is 2.31. The molecule has 1 aromatic heterocycles. The van der Waals surface area contributed by atoms with Crippen LogP contribution in [0.2, 0.25) is 0 Å². The number of carbonyl (C=O) groups excluding carboxylic acids is 3. The molecule has 4 atom stereocenters. The highest BCUT2D eigenvalue weighted by Crippen LogP contribution is 2.19. The summed E-state index contributed by atoms with van der Waals surface area (Å²) in [7, 11) is 0. The van der Waals surface area contributed by atoms with Gasteiger partial charge in [-0.15, -0.1) is 0 Å². The first-order chi connectivity index (χ1) is 15.1. The van der Waals surface area contributed by atoms with Gasteiger partial charge in [0.2, 0.25) is 17.7 Å². The first-order valence-corrected chi connectivity index (χ1v) is 10.6. The van der Waals surface area contributed by atoms with Crippen molar-refractivity contribution in [2.75, 3.05) is 0 Å². The van der Waals surface area contributed by atoms with E-state index in [1.807, 2.05) is 31.2 Å². The molecule has 10 nitrogen and oxygen atoms in total. The highest BCUT2D eigenvalue weighted by molar-refractivity contribution is 5.92. The van der Waals surface area contributed by atoms with Crippen LogP contribution in [0.1, 0.15) is 38.7 Å². The first-order valence-electron chi connectivity index (χ1n) is 10.6. The Kier molecular flexibility index (Phi) is 8.77. The fraction of sp³-hybridized carbons (Fsp3) is 0.455. The van der Waals surface area contributed by atoms with Gasteiger partial charge in [-0.3, -0.25) is 14.4 Å². The van der Waals surface area contributed by atoms with Crippen molar-refractivity contribution in [1.82, 2.24) is 15.6 Å². The minimum Gasteiger partial charge on any atom is -0.480 e. The maximum absolute atomic E-state index is 12.8. The van der Waals surface area contributed by atoms with E-state index in [1.54, 1.807) is 13.1 Å². The zero-order valence-corrected chi connectivity index (χ0v) is 18.3. The van der Waals surface area contributed by atoms with E-state index in [4.69, 9.17) is 11.5 Å². The topological polar surface area (TPSA) is 180 Å². The Morgan fingerprint density at radius 3 is 2.44 bits per heavy atom. The van der Waals surface area contributed by atoms with Gasteiger partial charge < -0.3 is 32.2 Å². The molecule has 0 aliphatic rings. The smallest absolute Gasteiger partial charge is 0.326 e. The van der Waals surface area contributed by atoms with Crippen LogP contribution in [-0.2, 0) is 25.6 Å². The van der Waals surface area contributed by atoms with Gasteiger partial charge >= 0.3 is 5.97 Å². The molecule has 0 saturated heterocycles. The van der Waals surface area contributed by atoms with Crippen molar-refractivity contribution in [3.8, 4) is 0 Å². The number of aliphatic carboxylic acids is 1. The predicted molar refractivity (Wildman–Crippen MR) is 119 cm³/mol. The minimum atomic E-state index is -1.29. The van der Waals surface area contributed by atoms with Crippen molar-refractivity contribution >= 4 is 34.6 Å². The normalized spacial score (nSPS) is 14.8. The third-order valence-corrected chi connectivity index (χ3v) is 5.54. The third-order valence-electron chi connectivity index (χ3n) is 5.54. The molecule has 2 rings (SSSR count). The van der Waals surface area contributed by atoms with Crippen molar-refractivity contribution in [3.05, 3.63) is 36.0 Å². The Labute approximate surface area is 186 Å².